The number of rotatable bonds is 4. The second-order valence-electron chi connectivity index (χ2n) is 5.62. The van der Waals surface area contributed by atoms with E-state index in [1.165, 1.54) is 11.1 Å². The van der Waals surface area contributed by atoms with Crippen LogP contribution in [0.1, 0.15) is 30.9 Å². The molecule has 0 amide bonds. The van der Waals surface area contributed by atoms with E-state index in [4.69, 9.17) is 15.2 Å². The smallest absolute Gasteiger partial charge is 0.122 e. The minimum Gasteiger partial charge on any atom is -0.496 e. The van der Waals surface area contributed by atoms with Crippen LogP contribution in [0.3, 0.4) is 0 Å². The maximum absolute atomic E-state index is 6.50. The molecule has 0 aromatic heterocycles. The average molecular weight is 247 g/mol. The van der Waals surface area contributed by atoms with Crippen LogP contribution in [0.5, 0.6) is 5.75 Å². The average Bonchev–Trinajstić information content (AvgIpc) is 3.06. The zero-order valence-corrected chi connectivity index (χ0v) is 11.2. The van der Waals surface area contributed by atoms with E-state index < -0.39 is 0 Å². The maximum atomic E-state index is 6.50. The van der Waals surface area contributed by atoms with Gasteiger partial charge < -0.3 is 15.2 Å². The summed E-state index contributed by atoms with van der Waals surface area (Å²) >= 11 is 0. The summed E-state index contributed by atoms with van der Waals surface area (Å²) < 4.78 is 11.0. The van der Waals surface area contributed by atoms with Gasteiger partial charge in [-0.15, -0.1) is 0 Å². The molecule has 1 aromatic carbocycles. The van der Waals surface area contributed by atoms with Crippen molar-refractivity contribution in [2.45, 2.75) is 37.1 Å². The van der Waals surface area contributed by atoms with Gasteiger partial charge in [-0.2, -0.15) is 0 Å². The van der Waals surface area contributed by atoms with Crippen LogP contribution < -0.4 is 10.5 Å². The van der Waals surface area contributed by atoms with E-state index in [1.54, 1.807) is 7.11 Å². The number of benzene rings is 1. The van der Waals surface area contributed by atoms with Crippen molar-refractivity contribution in [3.63, 3.8) is 0 Å². The van der Waals surface area contributed by atoms with Gasteiger partial charge in [-0.05, 0) is 30.9 Å². The molecule has 0 spiro atoms. The minimum atomic E-state index is -0.0785. The standard InChI is InChI=1S/C15H21NO2/c1-3-11-4-5-13(17-2)12(8-11)14(9-18-10-14)15(16)6-7-15/h4-5,8H,3,6-7,9-10,16H2,1-2H3. The van der Waals surface area contributed by atoms with Crippen molar-refractivity contribution in [3.8, 4) is 5.75 Å². The quantitative estimate of drug-likeness (QED) is 0.885. The van der Waals surface area contributed by atoms with Gasteiger partial charge in [-0.25, -0.2) is 0 Å². The second-order valence-corrected chi connectivity index (χ2v) is 5.62. The normalized spacial score (nSPS) is 23.3. The molecule has 1 aliphatic heterocycles. The van der Waals surface area contributed by atoms with E-state index in [0.717, 1.165) is 38.2 Å². The van der Waals surface area contributed by atoms with Crippen molar-refractivity contribution >= 4 is 0 Å². The largest absolute Gasteiger partial charge is 0.496 e. The molecule has 2 fully saturated rings. The minimum absolute atomic E-state index is 0.0243. The molecule has 0 bridgehead atoms. The highest BCUT2D eigenvalue weighted by Gasteiger charge is 2.62. The Hall–Kier alpha value is -1.06. The molecule has 1 saturated heterocycles. The first-order chi connectivity index (χ1) is 8.65. The molecule has 3 rings (SSSR count). The molecule has 98 valence electrons. The van der Waals surface area contributed by atoms with Crippen molar-refractivity contribution in [1.29, 1.82) is 0 Å². The van der Waals surface area contributed by atoms with Gasteiger partial charge in [0.1, 0.15) is 5.75 Å². The van der Waals surface area contributed by atoms with E-state index >= 15 is 0 Å². The molecule has 3 heteroatoms. The molecule has 0 atom stereocenters. The van der Waals surface area contributed by atoms with E-state index in [1.807, 2.05) is 0 Å². The van der Waals surface area contributed by atoms with E-state index in [9.17, 15) is 0 Å². The zero-order chi connectivity index (χ0) is 12.8. The van der Waals surface area contributed by atoms with E-state index in [-0.39, 0.29) is 11.0 Å². The Bertz CT molecular complexity index is 462. The van der Waals surface area contributed by atoms with Gasteiger partial charge in [-0.3, -0.25) is 0 Å². The predicted molar refractivity (Wildman–Crippen MR) is 71.0 cm³/mol. The highest BCUT2D eigenvalue weighted by atomic mass is 16.5. The molecule has 1 aromatic rings. The summed E-state index contributed by atoms with van der Waals surface area (Å²) in [5.41, 5.74) is 8.98. The zero-order valence-electron chi connectivity index (χ0n) is 11.2. The number of aryl methyl sites for hydroxylation is 1. The van der Waals surface area contributed by atoms with Crippen molar-refractivity contribution in [3.05, 3.63) is 29.3 Å². The third-order valence-corrected chi connectivity index (χ3v) is 4.63. The number of hydrogen-bond acceptors (Lipinski definition) is 3. The molecular formula is C15H21NO2. The third-order valence-electron chi connectivity index (χ3n) is 4.63. The lowest BCUT2D eigenvalue weighted by Crippen LogP contribution is -2.60. The molecular weight excluding hydrogens is 226 g/mol. The molecule has 3 nitrogen and oxygen atoms in total. The number of nitrogens with two attached hydrogens (primary N) is 1. The topological polar surface area (TPSA) is 44.5 Å². The first kappa shape index (κ1) is 12.0. The molecule has 1 aliphatic carbocycles. The molecule has 0 radical (unpaired) electrons. The molecule has 1 heterocycles. The fourth-order valence-electron chi connectivity index (χ4n) is 2.98. The van der Waals surface area contributed by atoms with Crippen molar-refractivity contribution in [2.24, 2.45) is 5.73 Å². The SMILES string of the molecule is CCc1ccc(OC)c(C2(C3(N)CC3)COC2)c1. The number of methoxy groups -OCH3 is 1. The Morgan fingerprint density at radius 1 is 1.33 bits per heavy atom. The Balaban J connectivity index is 2.08. The van der Waals surface area contributed by atoms with Crippen molar-refractivity contribution in [1.82, 2.24) is 0 Å². The first-order valence-corrected chi connectivity index (χ1v) is 6.69. The third kappa shape index (κ3) is 1.50. The van der Waals surface area contributed by atoms with Crippen LogP contribution in [0.2, 0.25) is 0 Å². The van der Waals surface area contributed by atoms with Gasteiger partial charge in [-0.1, -0.05) is 19.1 Å². The van der Waals surface area contributed by atoms with Gasteiger partial charge in [0.05, 0.1) is 25.7 Å². The number of ether oxygens (including phenoxy) is 2. The fraction of sp³-hybridized carbons (Fsp3) is 0.600. The Morgan fingerprint density at radius 3 is 2.50 bits per heavy atom. The fourth-order valence-corrected chi connectivity index (χ4v) is 2.98. The van der Waals surface area contributed by atoms with Crippen LogP contribution in [0, 0.1) is 0 Å². The van der Waals surface area contributed by atoms with Crippen LogP contribution in [0.15, 0.2) is 18.2 Å². The molecule has 1 saturated carbocycles. The van der Waals surface area contributed by atoms with Crippen LogP contribution in [-0.2, 0) is 16.6 Å². The molecule has 2 N–H and O–H groups in total. The highest BCUT2D eigenvalue weighted by Crippen LogP contribution is 2.55. The second kappa shape index (κ2) is 3.97. The van der Waals surface area contributed by atoms with Crippen LogP contribution >= 0.6 is 0 Å². The summed E-state index contributed by atoms with van der Waals surface area (Å²) in [5.74, 6) is 0.951. The lowest BCUT2D eigenvalue weighted by atomic mass is 9.70. The first-order valence-electron chi connectivity index (χ1n) is 6.69. The highest BCUT2D eigenvalue weighted by molar-refractivity contribution is 5.48. The van der Waals surface area contributed by atoms with Crippen molar-refractivity contribution in [2.75, 3.05) is 20.3 Å². The summed E-state index contributed by atoms with van der Waals surface area (Å²) in [6, 6.07) is 6.46. The van der Waals surface area contributed by atoms with Crippen LogP contribution in [0.4, 0.5) is 0 Å². The van der Waals surface area contributed by atoms with Crippen LogP contribution in [0.25, 0.3) is 0 Å². The van der Waals surface area contributed by atoms with E-state index in [2.05, 4.69) is 25.1 Å². The van der Waals surface area contributed by atoms with Gasteiger partial charge in [0, 0.05) is 11.1 Å². The van der Waals surface area contributed by atoms with Gasteiger partial charge in [0.15, 0.2) is 0 Å². The van der Waals surface area contributed by atoms with Crippen LogP contribution in [-0.4, -0.2) is 25.9 Å². The van der Waals surface area contributed by atoms with Gasteiger partial charge in [0.2, 0.25) is 0 Å². The van der Waals surface area contributed by atoms with Gasteiger partial charge >= 0.3 is 0 Å². The van der Waals surface area contributed by atoms with E-state index in [0.29, 0.717) is 0 Å². The molecule has 18 heavy (non-hydrogen) atoms. The summed E-state index contributed by atoms with van der Waals surface area (Å²) in [5, 5.41) is 0. The Kier molecular flexibility index (Phi) is 2.65. The maximum Gasteiger partial charge on any atom is 0.122 e. The lowest BCUT2D eigenvalue weighted by Gasteiger charge is -2.47. The van der Waals surface area contributed by atoms with Crippen molar-refractivity contribution < 1.29 is 9.47 Å². The lowest BCUT2D eigenvalue weighted by molar-refractivity contribution is -0.0795. The van der Waals surface area contributed by atoms with Gasteiger partial charge in [0.25, 0.3) is 0 Å². The summed E-state index contributed by atoms with van der Waals surface area (Å²) in [7, 11) is 1.73. The predicted octanol–water partition coefficient (Wildman–Crippen LogP) is 2.02. The monoisotopic (exact) mass is 247 g/mol. The summed E-state index contributed by atoms with van der Waals surface area (Å²) in [4.78, 5) is 0. The summed E-state index contributed by atoms with van der Waals surface area (Å²) in [6.07, 6.45) is 3.22. The Morgan fingerprint density at radius 2 is 2.06 bits per heavy atom. The molecule has 0 unspecified atom stereocenters. The Labute approximate surface area is 108 Å². The molecule has 2 aliphatic rings. The summed E-state index contributed by atoms with van der Waals surface area (Å²) in [6.45, 7) is 3.63. The number of hydrogen-bond donors (Lipinski definition) is 1.